The molecule has 2 aromatic rings. The van der Waals surface area contributed by atoms with Crippen LogP contribution in [0.4, 0.5) is 0 Å². The first-order chi connectivity index (χ1) is 8.22. The van der Waals surface area contributed by atoms with Crippen LogP contribution >= 0.6 is 22.9 Å². The number of hydrogen-bond acceptors (Lipinski definition) is 3. The van der Waals surface area contributed by atoms with Gasteiger partial charge in [-0.15, -0.1) is 11.3 Å². The summed E-state index contributed by atoms with van der Waals surface area (Å²) < 4.78 is 1.17. The topological polar surface area (TPSA) is 16.1 Å². The van der Waals surface area contributed by atoms with Crippen molar-refractivity contribution in [3.63, 3.8) is 0 Å². The molecule has 0 spiro atoms. The molecule has 2 heterocycles. The zero-order chi connectivity index (χ0) is 11.8. The highest BCUT2D eigenvalue weighted by Crippen LogP contribution is 2.31. The molecule has 0 N–H and O–H groups in total. The molecule has 0 saturated heterocycles. The average molecular weight is 265 g/mol. The molecule has 1 aliphatic heterocycles. The van der Waals surface area contributed by atoms with Crippen LogP contribution in [-0.4, -0.2) is 30.0 Å². The van der Waals surface area contributed by atoms with Gasteiger partial charge in [-0.3, -0.25) is 0 Å². The van der Waals surface area contributed by atoms with E-state index in [0.29, 0.717) is 0 Å². The lowest BCUT2D eigenvalue weighted by Crippen LogP contribution is -2.23. The van der Waals surface area contributed by atoms with Crippen molar-refractivity contribution < 1.29 is 0 Å². The van der Waals surface area contributed by atoms with E-state index < -0.39 is 0 Å². The summed E-state index contributed by atoms with van der Waals surface area (Å²) in [6, 6.07) is 5.89. The van der Waals surface area contributed by atoms with Crippen LogP contribution in [0.2, 0.25) is 5.02 Å². The largest absolute Gasteiger partial charge is 0.302 e. The number of fused-ring (bicyclic) bond motifs is 1. The van der Waals surface area contributed by atoms with Crippen molar-refractivity contribution >= 4 is 38.7 Å². The lowest BCUT2D eigenvalue weighted by atomic mass is 10.1. The molecule has 4 heteroatoms. The fourth-order valence-corrected chi connectivity index (χ4v) is 3.31. The molecule has 2 nitrogen and oxygen atoms in total. The van der Waals surface area contributed by atoms with E-state index in [1.807, 2.05) is 18.2 Å². The predicted molar refractivity (Wildman–Crippen MR) is 74.7 cm³/mol. The number of thiazole rings is 1. The Hall–Kier alpha value is -0.900. The van der Waals surface area contributed by atoms with Crippen molar-refractivity contribution in [1.82, 2.24) is 9.88 Å². The van der Waals surface area contributed by atoms with E-state index in [-0.39, 0.29) is 0 Å². The minimum Gasteiger partial charge on any atom is -0.302 e. The Labute approximate surface area is 110 Å². The molecule has 17 heavy (non-hydrogen) atoms. The smallest absolute Gasteiger partial charge is 0.120 e. The third kappa shape index (κ3) is 2.23. The molecule has 0 aliphatic carbocycles. The highest BCUT2D eigenvalue weighted by atomic mass is 35.5. The average Bonchev–Trinajstić information content (AvgIpc) is 2.72. The second-order valence-corrected chi connectivity index (χ2v) is 5.84. The van der Waals surface area contributed by atoms with Gasteiger partial charge in [0.05, 0.1) is 10.2 Å². The van der Waals surface area contributed by atoms with Gasteiger partial charge in [-0.05, 0) is 37.2 Å². The normalized spacial score (nSPS) is 17.4. The summed E-state index contributed by atoms with van der Waals surface area (Å²) in [6.45, 7) is 2.13. The van der Waals surface area contributed by atoms with Gasteiger partial charge in [-0.2, -0.15) is 0 Å². The molecule has 88 valence electrons. The highest BCUT2D eigenvalue weighted by molar-refractivity contribution is 7.19. The molecule has 1 aliphatic rings. The molecular weight excluding hydrogens is 252 g/mol. The number of halogens is 1. The predicted octanol–water partition coefficient (Wildman–Crippen LogP) is 3.67. The summed E-state index contributed by atoms with van der Waals surface area (Å²) in [5.41, 5.74) is 2.43. The highest BCUT2D eigenvalue weighted by Gasteiger charge is 2.13. The molecule has 1 aromatic heterocycles. The first kappa shape index (κ1) is 11.2. The monoisotopic (exact) mass is 264 g/mol. The molecule has 0 saturated carbocycles. The first-order valence-corrected chi connectivity index (χ1v) is 6.86. The van der Waals surface area contributed by atoms with Crippen LogP contribution in [0.3, 0.4) is 0 Å². The van der Waals surface area contributed by atoms with E-state index in [9.17, 15) is 0 Å². The molecular formula is C13H13ClN2S. The van der Waals surface area contributed by atoms with Crippen molar-refractivity contribution in [3.05, 3.63) is 34.3 Å². The summed E-state index contributed by atoms with van der Waals surface area (Å²) in [4.78, 5) is 6.99. The molecule has 0 radical (unpaired) electrons. The van der Waals surface area contributed by atoms with Crippen molar-refractivity contribution in [1.29, 1.82) is 0 Å². The van der Waals surface area contributed by atoms with E-state index in [1.54, 1.807) is 11.3 Å². The molecule has 3 rings (SSSR count). The Balaban J connectivity index is 2.01. The van der Waals surface area contributed by atoms with Crippen LogP contribution in [0.5, 0.6) is 0 Å². The summed E-state index contributed by atoms with van der Waals surface area (Å²) >= 11 is 7.73. The van der Waals surface area contributed by atoms with Gasteiger partial charge >= 0.3 is 0 Å². The Morgan fingerprint density at radius 1 is 1.41 bits per heavy atom. The summed E-state index contributed by atoms with van der Waals surface area (Å²) in [6.07, 6.45) is 3.37. The summed E-state index contributed by atoms with van der Waals surface area (Å²) in [5.74, 6) is 0. The van der Waals surface area contributed by atoms with Gasteiger partial charge in [-0.25, -0.2) is 4.98 Å². The lowest BCUT2D eigenvalue weighted by Gasteiger charge is -2.20. The van der Waals surface area contributed by atoms with Crippen molar-refractivity contribution in [2.24, 2.45) is 0 Å². The SMILES string of the molecule is CN1CC=C(c2nc3ccc(Cl)cc3s2)CC1. The Morgan fingerprint density at radius 2 is 2.29 bits per heavy atom. The molecule has 0 atom stereocenters. The third-order valence-electron chi connectivity index (χ3n) is 3.04. The fourth-order valence-electron chi connectivity index (χ4n) is 2.00. The number of nitrogens with zero attached hydrogens (tertiary/aromatic N) is 2. The second-order valence-electron chi connectivity index (χ2n) is 4.37. The van der Waals surface area contributed by atoms with Crippen LogP contribution in [0.1, 0.15) is 11.4 Å². The maximum absolute atomic E-state index is 5.99. The van der Waals surface area contributed by atoms with Crippen LogP contribution in [0, 0.1) is 0 Å². The molecule has 0 bridgehead atoms. The molecule has 0 fully saturated rings. The zero-order valence-corrected chi connectivity index (χ0v) is 11.2. The third-order valence-corrected chi connectivity index (χ3v) is 4.37. The number of aromatic nitrogens is 1. The lowest BCUT2D eigenvalue weighted by molar-refractivity contribution is 0.370. The van der Waals surface area contributed by atoms with E-state index in [0.717, 1.165) is 35.1 Å². The van der Waals surface area contributed by atoms with E-state index in [1.165, 1.54) is 10.3 Å². The van der Waals surface area contributed by atoms with Gasteiger partial charge < -0.3 is 4.90 Å². The van der Waals surface area contributed by atoms with E-state index in [4.69, 9.17) is 11.6 Å². The Kier molecular flexibility index (Phi) is 2.90. The standard InChI is InChI=1S/C13H13ClN2S/c1-16-6-4-9(5-7-16)13-15-11-3-2-10(14)8-12(11)17-13/h2-4,8H,5-7H2,1H3. The van der Waals surface area contributed by atoms with Gasteiger partial charge in [0, 0.05) is 18.1 Å². The molecule has 0 amide bonds. The zero-order valence-electron chi connectivity index (χ0n) is 9.61. The maximum atomic E-state index is 5.99. The number of hydrogen-bond donors (Lipinski definition) is 0. The minimum atomic E-state index is 0.782. The Morgan fingerprint density at radius 3 is 3.06 bits per heavy atom. The van der Waals surface area contributed by atoms with E-state index in [2.05, 4.69) is 23.0 Å². The van der Waals surface area contributed by atoms with Gasteiger partial charge in [0.15, 0.2) is 0 Å². The minimum absolute atomic E-state index is 0.782. The summed E-state index contributed by atoms with van der Waals surface area (Å²) in [7, 11) is 2.14. The van der Waals surface area contributed by atoms with Crippen molar-refractivity contribution in [3.8, 4) is 0 Å². The van der Waals surface area contributed by atoms with Crippen molar-refractivity contribution in [2.75, 3.05) is 20.1 Å². The van der Waals surface area contributed by atoms with Crippen LogP contribution in [0.15, 0.2) is 24.3 Å². The van der Waals surface area contributed by atoms with Gasteiger partial charge in [-0.1, -0.05) is 17.7 Å². The quantitative estimate of drug-likeness (QED) is 0.781. The second kappa shape index (κ2) is 4.41. The summed E-state index contributed by atoms with van der Waals surface area (Å²) in [5, 5.41) is 1.93. The van der Waals surface area contributed by atoms with Gasteiger partial charge in [0.1, 0.15) is 5.01 Å². The van der Waals surface area contributed by atoms with Crippen molar-refractivity contribution in [2.45, 2.75) is 6.42 Å². The first-order valence-electron chi connectivity index (χ1n) is 5.66. The van der Waals surface area contributed by atoms with E-state index >= 15 is 0 Å². The Bertz CT molecular complexity index is 588. The fraction of sp³-hybridized carbons (Fsp3) is 0.308. The number of rotatable bonds is 1. The van der Waals surface area contributed by atoms with Gasteiger partial charge in [0.25, 0.3) is 0 Å². The number of likely N-dealkylation sites (N-methyl/N-ethyl adjacent to an activating group) is 1. The van der Waals surface area contributed by atoms with Crippen LogP contribution in [-0.2, 0) is 0 Å². The number of benzene rings is 1. The molecule has 0 unspecified atom stereocenters. The maximum Gasteiger partial charge on any atom is 0.120 e. The molecule has 1 aromatic carbocycles. The van der Waals surface area contributed by atoms with Gasteiger partial charge in [0.2, 0.25) is 0 Å². The van der Waals surface area contributed by atoms with Crippen LogP contribution in [0.25, 0.3) is 15.8 Å². The van der Waals surface area contributed by atoms with Crippen LogP contribution < -0.4 is 0 Å².